The van der Waals surface area contributed by atoms with Gasteiger partial charge in [0.05, 0.1) is 34.7 Å². The molecule has 2 amide bonds. The van der Waals surface area contributed by atoms with Gasteiger partial charge in [-0.2, -0.15) is 0 Å². The minimum atomic E-state index is -0.577. The summed E-state index contributed by atoms with van der Waals surface area (Å²) >= 11 is 5.79. The minimum absolute atomic E-state index is 0.116. The van der Waals surface area contributed by atoms with Crippen LogP contribution in [0.2, 0.25) is 0 Å². The number of piperazine rings is 2. The molecule has 4 unspecified atom stereocenters. The quantitative estimate of drug-likeness (QED) is 0.156. The zero-order valence-electron chi connectivity index (χ0n) is 34.2. The number of hydrogen-bond donors (Lipinski definition) is 1. The smallest absolute Gasteiger partial charge is 0.410 e. The Balaban J connectivity index is 0.000000164. The highest BCUT2D eigenvalue weighted by Gasteiger charge is 2.44. The largest absolute Gasteiger partial charge is 0.465 e. The maximum absolute atomic E-state index is 14.5. The van der Waals surface area contributed by atoms with Crippen molar-refractivity contribution in [1.82, 2.24) is 25.1 Å². The van der Waals surface area contributed by atoms with Gasteiger partial charge >= 0.3 is 24.1 Å². The number of ether oxygens (including phenoxy) is 4. The van der Waals surface area contributed by atoms with E-state index in [1.54, 1.807) is 17.0 Å². The lowest BCUT2D eigenvalue weighted by atomic mass is 10.2. The van der Waals surface area contributed by atoms with Gasteiger partial charge in [-0.05, 0) is 107 Å². The van der Waals surface area contributed by atoms with Gasteiger partial charge in [-0.25, -0.2) is 37.9 Å². The topological polar surface area (TPSA) is 153 Å². The van der Waals surface area contributed by atoms with E-state index >= 15 is 0 Å². The summed E-state index contributed by atoms with van der Waals surface area (Å²) in [5, 5.41) is 4.21. The Morgan fingerprint density at radius 3 is 1.59 bits per heavy atom. The molecule has 2 aromatic heterocycles. The fraction of sp³-hybridized carbons (Fsp3) is 0.550. The highest BCUT2D eigenvalue weighted by Crippen LogP contribution is 2.40. The molecule has 0 radical (unpaired) electrons. The molecule has 0 aliphatic carbocycles. The number of carbonyl (C=O) groups excluding carboxylic acids is 4. The maximum Gasteiger partial charge on any atom is 0.410 e. The van der Waals surface area contributed by atoms with Gasteiger partial charge in [0, 0.05) is 50.3 Å². The monoisotopic (exact) mass is 922 g/mol. The number of likely N-dealkylation sites (tertiary alicyclic amines) is 2. The van der Waals surface area contributed by atoms with Crippen LogP contribution < -0.4 is 10.2 Å². The normalized spacial score (nSPS) is 21.0. The first-order chi connectivity index (χ1) is 27.7. The molecule has 320 valence electrons. The summed E-state index contributed by atoms with van der Waals surface area (Å²) in [6, 6.07) is 6.66. The first kappa shape index (κ1) is 44.4. The zero-order valence-corrected chi connectivity index (χ0v) is 37.4. The van der Waals surface area contributed by atoms with Gasteiger partial charge in [-0.15, -0.1) is 11.3 Å². The number of hydrogen-bond acceptors (Lipinski definition) is 14. The minimum Gasteiger partial charge on any atom is -0.465 e. The van der Waals surface area contributed by atoms with Crippen molar-refractivity contribution in [3.63, 3.8) is 0 Å². The van der Waals surface area contributed by atoms with Crippen molar-refractivity contribution in [2.45, 2.75) is 103 Å². The standard InChI is InChI=1S/C20H24FN3O4S.C11H20N2O2.C9H5BrFNO2S/c1-20(2,3)28-19(26)23-9-12-5-6-13(10-23)24(12)18-22-16-14(21)7-11(17(25)27-4)8-15(16)29-18;1-11(2,3)15-10(14)13-6-8-4-5-9(7-13)12-8;1-14-8(13)4-2-5(11)7-6(3-4)15-9(10)12-7/h7-8,12-13H,5-6,9-10H2,1-4H3;8-9,12H,4-7H2,1-3H3;2-3H,1H3. The number of methoxy groups -OCH3 is 2. The molecule has 4 aliphatic heterocycles. The maximum atomic E-state index is 14.5. The van der Waals surface area contributed by atoms with E-state index in [0.717, 1.165) is 43.2 Å². The molecule has 0 saturated carbocycles. The lowest BCUT2D eigenvalue weighted by Gasteiger charge is -2.41. The number of halogens is 3. The van der Waals surface area contributed by atoms with Crippen molar-refractivity contribution < 1.29 is 46.9 Å². The zero-order chi connectivity index (χ0) is 43.0. The van der Waals surface area contributed by atoms with Crippen molar-refractivity contribution >= 4 is 88.3 Å². The van der Waals surface area contributed by atoms with E-state index in [1.165, 1.54) is 49.7 Å². The number of amides is 2. The average Bonchev–Trinajstić information content (AvgIpc) is 3.92. The number of fused-ring (bicyclic) bond motifs is 6. The van der Waals surface area contributed by atoms with Crippen molar-refractivity contribution in [3.05, 3.63) is 50.9 Å². The first-order valence-electron chi connectivity index (χ1n) is 19.2. The second-order valence-corrected chi connectivity index (χ2v) is 20.1. The summed E-state index contributed by atoms with van der Waals surface area (Å²) in [4.78, 5) is 61.5. The van der Waals surface area contributed by atoms with Gasteiger partial charge in [0.25, 0.3) is 0 Å². The first-order valence-corrected chi connectivity index (χ1v) is 21.7. The van der Waals surface area contributed by atoms with E-state index in [4.69, 9.17) is 14.2 Å². The van der Waals surface area contributed by atoms with Crippen molar-refractivity contribution in [1.29, 1.82) is 0 Å². The van der Waals surface area contributed by atoms with Crippen LogP contribution in [-0.2, 0) is 18.9 Å². The molecular formula is C40H49BrF2N6O8S2. The van der Waals surface area contributed by atoms with Gasteiger partial charge in [0.1, 0.15) is 22.2 Å². The number of rotatable bonds is 3. The highest BCUT2D eigenvalue weighted by atomic mass is 79.9. The number of benzene rings is 2. The third-order valence-electron chi connectivity index (χ3n) is 9.92. The van der Waals surface area contributed by atoms with Gasteiger partial charge < -0.3 is 39.0 Å². The lowest BCUT2D eigenvalue weighted by molar-refractivity contribution is 0.0185. The van der Waals surface area contributed by atoms with Gasteiger partial charge in [0.15, 0.2) is 20.7 Å². The average molecular weight is 924 g/mol. The van der Waals surface area contributed by atoms with Crippen LogP contribution >= 0.6 is 38.6 Å². The molecular weight excluding hydrogens is 875 g/mol. The van der Waals surface area contributed by atoms with E-state index in [1.807, 2.05) is 46.4 Å². The Labute approximate surface area is 357 Å². The van der Waals surface area contributed by atoms with Crippen LogP contribution in [0.5, 0.6) is 0 Å². The molecule has 0 spiro atoms. The van der Waals surface area contributed by atoms with Crippen molar-refractivity contribution in [2.75, 3.05) is 45.3 Å². The summed E-state index contributed by atoms with van der Waals surface area (Å²) in [6.07, 6.45) is 3.78. The SMILES string of the molecule is CC(C)(C)OC(=O)N1CC2CCC(C1)N2.COC(=O)c1cc(F)c2nc(Br)sc2c1.COC(=O)c1cc(F)c2nc(N3C4CCC3CN(C(=O)OC(C)(C)C)C4)sc2c1. The van der Waals surface area contributed by atoms with Crippen LogP contribution in [0.4, 0.5) is 23.5 Å². The predicted molar refractivity (Wildman–Crippen MR) is 224 cm³/mol. The number of nitrogens with one attached hydrogen (secondary N) is 1. The Hall–Kier alpha value is -4.20. The van der Waals surface area contributed by atoms with E-state index in [2.05, 4.69) is 40.9 Å². The summed E-state index contributed by atoms with van der Waals surface area (Å²) in [5.41, 5.74) is -0.0360. The second-order valence-electron chi connectivity index (χ2n) is 16.8. The predicted octanol–water partition coefficient (Wildman–Crippen LogP) is 8.15. The molecule has 59 heavy (non-hydrogen) atoms. The fourth-order valence-electron chi connectivity index (χ4n) is 7.48. The van der Waals surface area contributed by atoms with E-state index < -0.39 is 29.2 Å². The van der Waals surface area contributed by atoms with Crippen LogP contribution in [0.15, 0.2) is 28.2 Å². The Morgan fingerprint density at radius 2 is 1.14 bits per heavy atom. The van der Waals surface area contributed by atoms with Gasteiger partial charge in [-0.1, -0.05) is 11.3 Å². The molecule has 4 bridgehead atoms. The van der Waals surface area contributed by atoms with Gasteiger partial charge in [-0.3, -0.25) is 0 Å². The number of thiazole rings is 2. The molecule has 4 aromatic rings. The van der Waals surface area contributed by atoms with Gasteiger partial charge in [0.2, 0.25) is 0 Å². The molecule has 4 fully saturated rings. The fourth-order valence-corrected chi connectivity index (χ4v) is 10.1. The summed E-state index contributed by atoms with van der Waals surface area (Å²) < 4.78 is 49.9. The highest BCUT2D eigenvalue weighted by molar-refractivity contribution is 9.11. The molecule has 19 heteroatoms. The molecule has 8 rings (SSSR count). The Bertz CT molecular complexity index is 2200. The van der Waals surface area contributed by atoms with Crippen LogP contribution in [0.25, 0.3) is 20.4 Å². The molecule has 4 atom stereocenters. The van der Waals surface area contributed by atoms with E-state index in [0.29, 0.717) is 38.5 Å². The molecule has 1 N–H and O–H groups in total. The number of anilines is 1. The Kier molecular flexibility index (Phi) is 13.4. The molecule has 6 heterocycles. The van der Waals surface area contributed by atoms with Crippen LogP contribution in [0.3, 0.4) is 0 Å². The second kappa shape index (κ2) is 17.8. The summed E-state index contributed by atoms with van der Waals surface area (Å²) in [6.45, 7) is 14.0. The number of nitrogens with zero attached hydrogens (tertiary/aromatic N) is 5. The van der Waals surface area contributed by atoms with Crippen LogP contribution in [0.1, 0.15) is 87.9 Å². The number of carbonyl (C=O) groups is 4. The molecule has 4 aliphatic rings. The van der Waals surface area contributed by atoms with Crippen molar-refractivity contribution in [3.8, 4) is 0 Å². The number of aromatic nitrogens is 2. The van der Waals surface area contributed by atoms with Crippen LogP contribution in [-0.4, -0.2) is 120 Å². The third-order valence-corrected chi connectivity index (χ3v) is 12.4. The van der Waals surface area contributed by atoms with E-state index in [9.17, 15) is 28.0 Å². The lowest BCUT2D eigenvalue weighted by Crippen LogP contribution is -2.56. The molecule has 14 nitrogen and oxygen atoms in total. The molecule has 4 saturated heterocycles. The van der Waals surface area contributed by atoms with Crippen molar-refractivity contribution in [2.24, 2.45) is 0 Å². The van der Waals surface area contributed by atoms with Crippen LogP contribution in [0, 0.1) is 11.6 Å². The summed E-state index contributed by atoms with van der Waals surface area (Å²) in [7, 11) is 2.53. The Morgan fingerprint density at radius 1 is 0.695 bits per heavy atom. The number of esters is 2. The molecule has 2 aromatic carbocycles. The van der Waals surface area contributed by atoms with E-state index in [-0.39, 0.29) is 52.0 Å². The summed E-state index contributed by atoms with van der Waals surface area (Å²) in [5.74, 6) is -2.19. The third kappa shape index (κ3) is 10.8.